The van der Waals surface area contributed by atoms with Gasteiger partial charge in [-0.25, -0.2) is 9.99 Å². The number of carbonyl (C=O) groups is 2. The van der Waals surface area contributed by atoms with Gasteiger partial charge in [0.05, 0.1) is 34.3 Å². The van der Waals surface area contributed by atoms with Crippen LogP contribution in [0.15, 0.2) is 35.6 Å². The van der Waals surface area contributed by atoms with Gasteiger partial charge in [0.25, 0.3) is 5.91 Å². The number of nitrogens with zero attached hydrogens (tertiary/aromatic N) is 4. The largest absolute Gasteiger partial charge is 0.495 e. The number of pyridine rings is 1. The Kier molecular flexibility index (Phi) is 5.66. The van der Waals surface area contributed by atoms with Crippen LogP contribution in [0.25, 0.3) is 0 Å². The topological polar surface area (TPSA) is 131 Å². The summed E-state index contributed by atoms with van der Waals surface area (Å²) in [4.78, 5) is 29.4. The molecule has 1 unspecified atom stereocenters. The first-order chi connectivity index (χ1) is 13.8. The van der Waals surface area contributed by atoms with Crippen molar-refractivity contribution in [3.63, 3.8) is 0 Å². The summed E-state index contributed by atoms with van der Waals surface area (Å²) in [6.07, 6.45) is 1.44. The Bertz CT molecular complexity index is 1060. The SMILES string of the molecule is CNC(=O)c1cc(C#N)cc(C)c1NC(=O)C1CC(O)=NN1c1ncccc1Cl. The number of aliphatic hydroxyl groups excluding tert-OH is 1. The second-order valence-electron chi connectivity index (χ2n) is 6.29. The number of benzene rings is 1. The first-order valence-electron chi connectivity index (χ1n) is 8.59. The minimum Gasteiger partial charge on any atom is -0.495 e. The van der Waals surface area contributed by atoms with Gasteiger partial charge in [0.2, 0.25) is 11.8 Å². The Morgan fingerprint density at radius 1 is 1.41 bits per heavy atom. The second-order valence-corrected chi connectivity index (χ2v) is 6.69. The highest BCUT2D eigenvalue weighted by Gasteiger charge is 2.36. The molecule has 1 aromatic heterocycles. The summed E-state index contributed by atoms with van der Waals surface area (Å²) >= 11 is 6.16. The van der Waals surface area contributed by atoms with Gasteiger partial charge < -0.3 is 15.7 Å². The molecule has 0 fully saturated rings. The van der Waals surface area contributed by atoms with Crippen LogP contribution in [0.3, 0.4) is 0 Å². The predicted molar refractivity (Wildman–Crippen MR) is 108 cm³/mol. The number of nitrogens with one attached hydrogen (secondary N) is 2. The molecule has 1 aliphatic rings. The minimum atomic E-state index is -0.921. The molecule has 3 N–H and O–H groups in total. The number of hydrazone groups is 1. The van der Waals surface area contributed by atoms with Crippen LogP contribution in [0, 0.1) is 18.3 Å². The lowest BCUT2D eigenvalue weighted by Crippen LogP contribution is -2.39. The predicted octanol–water partition coefficient (Wildman–Crippen LogP) is 2.36. The Balaban J connectivity index is 1.95. The molecular weight excluding hydrogens is 396 g/mol. The van der Waals surface area contributed by atoms with E-state index in [4.69, 9.17) is 16.9 Å². The number of amides is 2. The highest BCUT2D eigenvalue weighted by molar-refractivity contribution is 6.33. The van der Waals surface area contributed by atoms with E-state index in [0.29, 0.717) is 11.1 Å². The molecule has 1 aliphatic heterocycles. The molecule has 10 heteroatoms. The average Bonchev–Trinajstić information content (AvgIpc) is 3.10. The van der Waals surface area contributed by atoms with E-state index in [1.165, 1.54) is 24.3 Å². The van der Waals surface area contributed by atoms with Crippen molar-refractivity contribution in [3.05, 3.63) is 52.2 Å². The molecule has 148 valence electrons. The van der Waals surface area contributed by atoms with Crippen LogP contribution < -0.4 is 15.6 Å². The van der Waals surface area contributed by atoms with Gasteiger partial charge in [0.15, 0.2) is 5.82 Å². The Hall–Kier alpha value is -3.64. The van der Waals surface area contributed by atoms with Crippen LogP contribution in [0.5, 0.6) is 0 Å². The van der Waals surface area contributed by atoms with Crippen molar-refractivity contribution in [2.24, 2.45) is 5.10 Å². The zero-order chi connectivity index (χ0) is 21.1. The summed E-state index contributed by atoms with van der Waals surface area (Å²) in [7, 11) is 1.45. The monoisotopic (exact) mass is 412 g/mol. The summed E-state index contributed by atoms with van der Waals surface area (Å²) in [6, 6.07) is 7.27. The number of rotatable bonds is 4. The number of nitriles is 1. The maximum Gasteiger partial charge on any atom is 0.253 e. The molecular formula is C19H17ClN6O3. The van der Waals surface area contributed by atoms with Crippen molar-refractivity contribution >= 4 is 40.8 Å². The van der Waals surface area contributed by atoms with E-state index in [2.05, 4.69) is 20.7 Å². The zero-order valence-corrected chi connectivity index (χ0v) is 16.4. The van der Waals surface area contributed by atoms with E-state index in [1.807, 2.05) is 6.07 Å². The zero-order valence-electron chi connectivity index (χ0n) is 15.6. The molecule has 3 rings (SSSR count). The fraction of sp³-hybridized carbons (Fsp3) is 0.211. The molecule has 9 nitrogen and oxygen atoms in total. The van der Waals surface area contributed by atoms with Gasteiger partial charge in [-0.05, 0) is 36.8 Å². The molecule has 0 saturated heterocycles. The highest BCUT2D eigenvalue weighted by Crippen LogP contribution is 2.30. The van der Waals surface area contributed by atoms with E-state index >= 15 is 0 Å². The fourth-order valence-electron chi connectivity index (χ4n) is 2.98. The third kappa shape index (κ3) is 3.97. The van der Waals surface area contributed by atoms with E-state index in [-0.39, 0.29) is 34.4 Å². The van der Waals surface area contributed by atoms with Crippen LogP contribution in [0.2, 0.25) is 5.02 Å². The number of hydrogen-bond acceptors (Lipinski definition) is 6. The number of carbonyl (C=O) groups excluding carboxylic acids is 2. The van der Waals surface area contributed by atoms with Gasteiger partial charge in [0, 0.05) is 13.2 Å². The minimum absolute atomic E-state index is 0.0522. The van der Waals surface area contributed by atoms with Crippen LogP contribution in [0.4, 0.5) is 11.5 Å². The first-order valence-corrected chi connectivity index (χ1v) is 8.97. The Morgan fingerprint density at radius 2 is 2.17 bits per heavy atom. The smallest absolute Gasteiger partial charge is 0.253 e. The number of aliphatic hydroxyl groups is 1. The maximum atomic E-state index is 13.0. The summed E-state index contributed by atoms with van der Waals surface area (Å²) in [5.41, 5.74) is 1.26. The van der Waals surface area contributed by atoms with E-state index < -0.39 is 17.9 Å². The molecule has 0 bridgehead atoms. The lowest BCUT2D eigenvalue weighted by Gasteiger charge is -2.23. The molecule has 0 saturated carbocycles. The van der Waals surface area contributed by atoms with Crippen LogP contribution >= 0.6 is 11.6 Å². The second kappa shape index (κ2) is 8.16. The van der Waals surface area contributed by atoms with Gasteiger partial charge in [-0.3, -0.25) is 9.59 Å². The summed E-state index contributed by atoms with van der Waals surface area (Å²) in [5.74, 6) is -0.982. The van der Waals surface area contributed by atoms with Crippen molar-refractivity contribution in [2.75, 3.05) is 17.4 Å². The number of aryl methyl sites for hydroxylation is 1. The van der Waals surface area contributed by atoms with Crippen molar-refractivity contribution in [1.29, 1.82) is 5.26 Å². The molecule has 2 heterocycles. The summed E-state index contributed by atoms with van der Waals surface area (Å²) in [6.45, 7) is 1.68. The van der Waals surface area contributed by atoms with Gasteiger partial charge in [-0.1, -0.05) is 11.6 Å². The third-order valence-corrected chi connectivity index (χ3v) is 4.63. The molecule has 0 spiro atoms. The number of anilines is 2. The normalized spacial score (nSPS) is 15.4. The third-order valence-electron chi connectivity index (χ3n) is 4.34. The van der Waals surface area contributed by atoms with Gasteiger partial charge in [0.1, 0.15) is 6.04 Å². The number of halogens is 1. The molecule has 2 aromatic rings. The molecule has 1 atom stereocenters. The van der Waals surface area contributed by atoms with Crippen LogP contribution in [-0.4, -0.2) is 40.9 Å². The molecule has 29 heavy (non-hydrogen) atoms. The van der Waals surface area contributed by atoms with E-state index in [9.17, 15) is 14.7 Å². The Morgan fingerprint density at radius 3 is 2.83 bits per heavy atom. The quantitative estimate of drug-likeness (QED) is 0.706. The van der Waals surface area contributed by atoms with Crippen LogP contribution in [0.1, 0.15) is 27.9 Å². The highest BCUT2D eigenvalue weighted by atomic mass is 35.5. The maximum absolute atomic E-state index is 13.0. The Labute approximate surface area is 171 Å². The van der Waals surface area contributed by atoms with Crippen molar-refractivity contribution in [3.8, 4) is 6.07 Å². The molecule has 0 radical (unpaired) electrons. The van der Waals surface area contributed by atoms with Gasteiger partial charge >= 0.3 is 0 Å². The fourth-order valence-corrected chi connectivity index (χ4v) is 3.18. The van der Waals surface area contributed by atoms with E-state index in [0.717, 1.165) is 0 Å². The van der Waals surface area contributed by atoms with Crippen molar-refractivity contribution in [1.82, 2.24) is 10.3 Å². The standard InChI is InChI=1S/C19H17ClN6O3/c1-10-6-11(9-21)7-12(18(28)22-2)16(10)24-19(29)14-8-15(27)25-26(14)17-13(20)4-3-5-23-17/h3-7,14H,8H2,1-2H3,(H,22,28)(H,24,29)(H,25,27). The average molecular weight is 413 g/mol. The first kappa shape index (κ1) is 20.1. The van der Waals surface area contributed by atoms with E-state index in [1.54, 1.807) is 25.1 Å². The lowest BCUT2D eigenvalue weighted by atomic mass is 10.0. The van der Waals surface area contributed by atoms with Crippen LogP contribution in [-0.2, 0) is 4.79 Å². The molecule has 0 aliphatic carbocycles. The molecule has 2 amide bonds. The molecule has 1 aromatic carbocycles. The number of aromatic nitrogens is 1. The number of hydrogen-bond donors (Lipinski definition) is 3. The summed E-state index contributed by atoms with van der Waals surface area (Å²) < 4.78 is 0. The van der Waals surface area contributed by atoms with Crippen molar-refractivity contribution < 1.29 is 14.7 Å². The van der Waals surface area contributed by atoms with Gasteiger partial charge in [-0.15, -0.1) is 5.10 Å². The van der Waals surface area contributed by atoms with Gasteiger partial charge in [-0.2, -0.15) is 5.26 Å². The van der Waals surface area contributed by atoms with Crippen molar-refractivity contribution in [2.45, 2.75) is 19.4 Å². The summed E-state index contributed by atoms with van der Waals surface area (Å²) in [5, 5.41) is 29.7. The lowest BCUT2D eigenvalue weighted by molar-refractivity contribution is -0.117.